The van der Waals surface area contributed by atoms with Gasteiger partial charge in [0.15, 0.2) is 6.61 Å². The van der Waals surface area contributed by atoms with E-state index in [0.717, 1.165) is 4.88 Å². The van der Waals surface area contributed by atoms with Crippen molar-refractivity contribution in [1.82, 2.24) is 14.5 Å². The molecule has 8 heteroatoms. The van der Waals surface area contributed by atoms with Gasteiger partial charge in [-0.2, -0.15) is 0 Å². The van der Waals surface area contributed by atoms with E-state index in [9.17, 15) is 14.4 Å². The Balaban J connectivity index is 1.49. The molecule has 0 bridgehead atoms. The lowest BCUT2D eigenvalue weighted by molar-refractivity contribution is -0.151. The monoisotopic (exact) mass is 385 g/mol. The molecule has 2 aromatic heterocycles. The van der Waals surface area contributed by atoms with Crippen LogP contribution in [-0.2, 0) is 27.4 Å². The van der Waals surface area contributed by atoms with Gasteiger partial charge >= 0.3 is 5.97 Å². The maximum absolute atomic E-state index is 12.4. The van der Waals surface area contributed by atoms with Crippen LogP contribution in [0, 0.1) is 0 Å². The molecule has 0 N–H and O–H groups in total. The van der Waals surface area contributed by atoms with E-state index in [1.165, 1.54) is 15.8 Å². The Kier molecular flexibility index (Phi) is 5.97. The van der Waals surface area contributed by atoms with Crippen LogP contribution >= 0.6 is 11.3 Å². The van der Waals surface area contributed by atoms with Gasteiger partial charge in [0.25, 0.3) is 11.5 Å². The topological polar surface area (TPSA) is 81.5 Å². The molecule has 3 aromatic rings. The first kappa shape index (κ1) is 18.8. The number of carbonyl (C=O) groups excluding carboxylic acids is 2. The van der Waals surface area contributed by atoms with Crippen molar-refractivity contribution < 1.29 is 14.3 Å². The van der Waals surface area contributed by atoms with Gasteiger partial charge in [-0.1, -0.05) is 18.2 Å². The predicted molar refractivity (Wildman–Crippen MR) is 102 cm³/mol. The number of fused-ring (bicyclic) bond motifs is 1. The summed E-state index contributed by atoms with van der Waals surface area (Å²) >= 11 is 1.56. The second kappa shape index (κ2) is 8.59. The summed E-state index contributed by atoms with van der Waals surface area (Å²) in [6.45, 7) is 0.312. The van der Waals surface area contributed by atoms with Crippen LogP contribution in [0.25, 0.3) is 10.9 Å². The van der Waals surface area contributed by atoms with Crippen molar-refractivity contribution in [1.29, 1.82) is 0 Å². The second-order valence-electron chi connectivity index (χ2n) is 6.00. The van der Waals surface area contributed by atoms with Crippen LogP contribution in [-0.4, -0.2) is 40.0 Å². The summed E-state index contributed by atoms with van der Waals surface area (Å²) in [7, 11) is 1.66. The zero-order chi connectivity index (χ0) is 19.2. The number of aryl methyl sites for hydroxylation is 1. The van der Waals surface area contributed by atoms with Crippen LogP contribution in [0.5, 0.6) is 0 Å². The van der Waals surface area contributed by atoms with E-state index in [1.807, 2.05) is 23.6 Å². The number of amides is 1. The van der Waals surface area contributed by atoms with Crippen LogP contribution in [0.15, 0.2) is 52.9 Å². The van der Waals surface area contributed by atoms with Crippen LogP contribution < -0.4 is 5.56 Å². The van der Waals surface area contributed by atoms with E-state index < -0.39 is 5.97 Å². The highest BCUT2D eigenvalue weighted by atomic mass is 32.1. The predicted octanol–water partition coefficient (Wildman–Crippen LogP) is 2.05. The molecular formula is C19H19N3O4S. The molecule has 0 fully saturated rings. The van der Waals surface area contributed by atoms with E-state index in [1.54, 1.807) is 36.6 Å². The fraction of sp³-hybridized carbons (Fsp3) is 0.263. The van der Waals surface area contributed by atoms with Gasteiger partial charge in [0.1, 0.15) is 0 Å². The maximum Gasteiger partial charge on any atom is 0.308 e. The minimum absolute atomic E-state index is 0.0121. The molecule has 3 rings (SSSR count). The molecule has 0 aliphatic rings. The Morgan fingerprint density at radius 3 is 2.81 bits per heavy atom. The molecule has 27 heavy (non-hydrogen) atoms. The normalized spacial score (nSPS) is 10.7. The third-order valence-corrected chi connectivity index (χ3v) is 4.90. The Morgan fingerprint density at radius 2 is 2.04 bits per heavy atom. The summed E-state index contributed by atoms with van der Waals surface area (Å²) in [5.74, 6) is -0.811. The number of thiophene rings is 1. The molecule has 0 aliphatic carbocycles. The first-order chi connectivity index (χ1) is 13.0. The molecule has 1 amide bonds. The number of esters is 1. The van der Waals surface area contributed by atoms with Crippen molar-refractivity contribution in [2.75, 3.05) is 13.7 Å². The van der Waals surface area contributed by atoms with Crippen molar-refractivity contribution in [3.63, 3.8) is 0 Å². The van der Waals surface area contributed by atoms with Gasteiger partial charge in [0.05, 0.1) is 30.2 Å². The van der Waals surface area contributed by atoms with Gasteiger partial charge < -0.3 is 9.64 Å². The fourth-order valence-corrected chi connectivity index (χ4v) is 3.28. The zero-order valence-electron chi connectivity index (χ0n) is 14.8. The molecule has 2 heterocycles. The van der Waals surface area contributed by atoms with Gasteiger partial charge in [-0.25, -0.2) is 4.98 Å². The number of nitrogens with zero attached hydrogens (tertiary/aromatic N) is 3. The first-order valence-corrected chi connectivity index (χ1v) is 9.28. The van der Waals surface area contributed by atoms with Crippen LogP contribution in [0.4, 0.5) is 0 Å². The summed E-state index contributed by atoms with van der Waals surface area (Å²) in [5.41, 5.74) is 0.404. The zero-order valence-corrected chi connectivity index (χ0v) is 15.6. The van der Waals surface area contributed by atoms with E-state index in [0.29, 0.717) is 17.4 Å². The average molecular weight is 385 g/mol. The summed E-state index contributed by atoms with van der Waals surface area (Å²) < 4.78 is 6.40. The summed E-state index contributed by atoms with van der Waals surface area (Å²) in [4.78, 5) is 43.1. The Bertz CT molecular complexity index is 998. The van der Waals surface area contributed by atoms with Crippen molar-refractivity contribution in [2.24, 2.45) is 0 Å². The van der Waals surface area contributed by atoms with Gasteiger partial charge in [-0.3, -0.25) is 19.0 Å². The number of benzene rings is 1. The molecule has 0 spiro atoms. The molecule has 0 atom stereocenters. The molecule has 0 aliphatic heterocycles. The van der Waals surface area contributed by atoms with E-state index in [-0.39, 0.29) is 31.0 Å². The Labute approximate surface area is 159 Å². The van der Waals surface area contributed by atoms with Crippen LogP contribution in [0.1, 0.15) is 11.3 Å². The third-order valence-electron chi connectivity index (χ3n) is 4.04. The van der Waals surface area contributed by atoms with Crippen molar-refractivity contribution in [3.05, 3.63) is 63.3 Å². The van der Waals surface area contributed by atoms with E-state index in [4.69, 9.17) is 4.74 Å². The Hall–Kier alpha value is -3.00. The van der Waals surface area contributed by atoms with Gasteiger partial charge in [-0.05, 0) is 23.6 Å². The highest BCUT2D eigenvalue weighted by Crippen LogP contribution is 2.11. The lowest BCUT2D eigenvalue weighted by Crippen LogP contribution is -2.31. The van der Waals surface area contributed by atoms with E-state index in [2.05, 4.69) is 4.98 Å². The maximum atomic E-state index is 12.4. The van der Waals surface area contributed by atoms with Crippen LogP contribution in [0.3, 0.4) is 0 Å². The second-order valence-corrected chi connectivity index (χ2v) is 7.03. The number of hydrogen-bond acceptors (Lipinski definition) is 6. The molecule has 7 nitrogen and oxygen atoms in total. The quantitative estimate of drug-likeness (QED) is 0.582. The van der Waals surface area contributed by atoms with Crippen molar-refractivity contribution in [3.8, 4) is 0 Å². The molecule has 0 saturated heterocycles. The standard InChI is InChI=1S/C19H19N3O4S/c1-21(11-14-5-4-10-27-14)17(23)12-26-18(24)8-9-22-13-20-16-7-3-2-6-15(16)19(22)25/h2-7,10,13H,8-9,11-12H2,1H3. The number of carbonyl (C=O) groups is 2. The summed E-state index contributed by atoms with van der Waals surface area (Å²) in [6.07, 6.45) is 1.40. The largest absolute Gasteiger partial charge is 0.456 e. The highest BCUT2D eigenvalue weighted by Gasteiger charge is 2.13. The summed E-state index contributed by atoms with van der Waals surface area (Å²) in [5, 5.41) is 2.44. The minimum atomic E-state index is -0.534. The van der Waals surface area contributed by atoms with Crippen LogP contribution in [0.2, 0.25) is 0 Å². The molecule has 0 unspecified atom stereocenters. The lowest BCUT2D eigenvalue weighted by atomic mass is 10.2. The third kappa shape index (κ3) is 4.79. The minimum Gasteiger partial charge on any atom is -0.456 e. The molecule has 0 saturated carbocycles. The molecule has 1 aromatic carbocycles. The summed E-state index contributed by atoms with van der Waals surface area (Å²) in [6, 6.07) is 10.9. The van der Waals surface area contributed by atoms with Crippen molar-refractivity contribution in [2.45, 2.75) is 19.5 Å². The average Bonchev–Trinajstić information content (AvgIpc) is 3.18. The van der Waals surface area contributed by atoms with Gasteiger partial charge in [0, 0.05) is 18.5 Å². The number of hydrogen-bond donors (Lipinski definition) is 0. The number of aromatic nitrogens is 2. The SMILES string of the molecule is CN(Cc1cccs1)C(=O)COC(=O)CCn1cnc2ccccc2c1=O. The number of para-hydroxylation sites is 1. The van der Waals surface area contributed by atoms with Gasteiger partial charge in [0.2, 0.25) is 0 Å². The first-order valence-electron chi connectivity index (χ1n) is 8.41. The number of likely N-dealkylation sites (N-methyl/N-ethyl adjacent to an activating group) is 1. The number of rotatable bonds is 7. The molecular weight excluding hydrogens is 366 g/mol. The molecule has 0 radical (unpaired) electrons. The Morgan fingerprint density at radius 1 is 1.22 bits per heavy atom. The van der Waals surface area contributed by atoms with E-state index >= 15 is 0 Å². The fourth-order valence-electron chi connectivity index (χ4n) is 2.53. The highest BCUT2D eigenvalue weighted by molar-refractivity contribution is 7.09. The smallest absolute Gasteiger partial charge is 0.308 e. The number of ether oxygens (including phenoxy) is 1. The lowest BCUT2D eigenvalue weighted by Gasteiger charge is -2.16. The van der Waals surface area contributed by atoms with Gasteiger partial charge in [-0.15, -0.1) is 11.3 Å². The molecule has 140 valence electrons. The van der Waals surface area contributed by atoms with Crippen molar-refractivity contribution >= 4 is 34.1 Å².